The summed E-state index contributed by atoms with van der Waals surface area (Å²) in [7, 11) is 0. The van der Waals surface area contributed by atoms with Crippen molar-refractivity contribution in [3.05, 3.63) is 69.1 Å². The van der Waals surface area contributed by atoms with E-state index in [0.29, 0.717) is 46.1 Å². The zero-order chi connectivity index (χ0) is 20.9. The molecule has 0 bridgehead atoms. The van der Waals surface area contributed by atoms with Crippen LogP contribution < -0.4 is 25.1 Å². The van der Waals surface area contributed by atoms with Crippen LogP contribution in [0.5, 0.6) is 17.2 Å². The SMILES string of the molecule is O=C(NNC(=O)c1csc(COc2ccc(Cl)cc2)n1)c1ccc2c(c1)OCCO2. The summed E-state index contributed by atoms with van der Waals surface area (Å²) < 4.78 is 16.5. The summed E-state index contributed by atoms with van der Waals surface area (Å²) in [5.41, 5.74) is 5.22. The zero-order valence-electron chi connectivity index (χ0n) is 15.5. The van der Waals surface area contributed by atoms with Gasteiger partial charge in [-0.3, -0.25) is 20.4 Å². The van der Waals surface area contributed by atoms with E-state index in [2.05, 4.69) is 15.8 Å². The molecule has 8 nitrogen and oxygen atoms in total. The van der Waals surface area contributed by atoms with Crippen LogP contribution in [0, 0.1) is 0 Å². The van der Waals surface area contributed by atoms with Crippen LogP contribution in [-0.4, -0.2) is 30.0 Å². The van der Waals surface area contributed by atoms with Crippen molar-refractivity contribution >= 4 is 34.8 Å². The van der Waals surface area contributed by atoms with Crippen molar-refractivity contribution in [2.24, 2.45) is 0 Å². The molecule has 3 aromatic rings. The number of benzene rings is 2. The summed E-state index contributed by atoms with van der Waals surface area (Å²) >= 11 is 7.12. The number of thiazole rings is 1. The Kier molecular flexibility index (Phi) is 6.01. The van der Waals surface area contributed by atoms with Crippen LogP contribution in [0.25, 0.3) is 0 Å². The standard InChI is InChI=1S/C20H16ClN3O5S/c21-13-2-4-14(5-3-13)29-10-18-22-15(11-30-18)20(26)24-23-19(25)12-1-6-16-17(9-12)28-8-7-27-16/h1-6,9,11H,7-8,10H2,(H,23,25)(H,24,26). The van der Waals surface area contributed by atoms with Crippen LogP contribution in [0.1, 0.15) is 25.9 Å². The van der Waals surface area contributed by atoms with Crippen LogP contribution >= 0.6 is 22.9 Å². The van der Waals surface area contributed by atoms with E-state index in [1.54, 1.807) is 47.8 Å². The Morgan fingerprint density at radius 2 is 1.77 bits per heavy atom. The molecule has 2 heterocycles. The molecule has 30 heavy (non-hydrogen) atoms. The van der Waals surface area contributed by atoms with Gasteiger partial charge in [-0.05, 0) is 42.5 Å². The van der Waals surface area contributed by atoms with Crippen LogP contribution in [0.3, 0.4) is 0 Å². The first-order valence-electron chi connectivity index (χ1n) is 8.91. The van der Waals surface area contributed by atoms with Crippen molar-refractivity contribution in [1.82, 2.24) is 15.8 Å². The van der Waals surface area contributed by atoms with E-state index in [9.17, 15) is 9.59 Å². The van der Waals surface area contributed by atoms with Gasteiger partial charge in [-0.2, -0.15) is 0 Å². The molecule has 1 aliphatic rings. The highest BCUT2D eigenvalue weighted by Crippen LogP contribution is 2.30. The Bertz CT molecular complexity index is 1070. The number of halogens is 1. The molecule has 4 rings (SSSR count). The molecule has 0 fully saturated rings. The molecular weight excluding hydrogens is 430 g/mol. The first-order valence-corrected chi connectivity index (χ1v) is 10.2. The molecule has 0 radical (unpaired) electrons. The molecule has 0 atom stereocenters. The third-order valence-corrected chi connectivity index (χ3v) is 5.13. The predicted octanol–water partition coefficient (Wildman–Crippen LogP) is 3.22. The average molecular weight is 446 g/mol. The lowest BCUT2D eigenvalue weighted by Crippen LogP contribution is -2.41. The van der Waals surface area contributed by atoms with Gasteiger partial charge < -0.3 is 14.2 Å². The van der Waals surface area contributed by atoms with Gasteiger partial charge in [0.25, 0.3) is 11.8 Å². The average Bonchev–Trinajstić information content (AvgIpc) is 3.26. The number of carbonyl (C=O) groups is 2. The van der Waals surface area contributed by atoms with Gasteiger partial charge >= 0.3 is 0 Å². The molecule has 1 aromatic heterocycles. The molecule has 2 aromatic carbocycles. The fourth-order valence-corrected chi connectivity index (χ4v) is 3.40. The Balaban J connectivity index is 1.30. The van der Waals surface area contributed by atoms with E-state index in [0.717, 1.165) is 0 Å². The number of rotatable bonds is 5. The van der Waals surface area contributed by atoms with Crippen LogP contribution in [0.15, 0.2) is 47.8 Å². The molecule has 0 aliphatic carbocycles. The number of hydrogen-bond acceptors (Lipinski definition) is 7. The largest absolute Gasteiger partial charge is 0.486 e. The van der Waals surface area contributed by atoms with Gasteiger partial charge in [0.1, 0.15) is 36.3 Å². The Morgan fingerprint density at radius 3 is 2.57 bits per heavy atom. The number of fused-ring (bicyclic) bond motifs is 1. The minimum absolute atomic E-state index is 0.178. The minimum Gasteiger partial charge on any atom is -0.486 e. The molecule has 2 N–H and O–H groups in total. The second-order valence-corrected chi connectivity index (χ2v) is 7.51. The Morgan fingerprint density at radius 1 is 1.03 bits per heavy atom. The molecular formula is C20H16ClN3O5S. The number of ether oxygens (including phenoxy) is 3. The van der Waals surface area contributed by atoms with Crippen molar-refractivity contribution in [2.75, 3.05) is 13.2 Å². The van der Waals surface area contributed by atoms with E-state index in [1.165, 1.54) is 11.3 Å². The van der Waals surface area contributed by atoms with E-state index in [-0.39, 0.29) is 12.3 Å². The first kappa shape index (κ1) is 20.0. The second kappa shape index (κ2) is 9.02. The number of amides is 2. The Labute approximate surface area is 180 Å². The fraction of sp³-hybridized carbons (Fsp3) is 0.150. The highest BCUT2D eigenvalue weighted by molar-refractivity contribution is 7.09. The molecule has 154 valence electrons. The monoisotopic (exact) mass is 445 g/mol. The molecule has 0 unspecified atom stereocenters. The number of hydrazine groups is 1. The Hall–Kier alpha value is -3.30. The predicted molar refractivity (Wildman–Crippen MR) is 110 cm³/mol. The zero-order valence-corrected chi connectivity index (χ0v) is 17.1. The van der Waals surface area contributed by atoms with Gasteiger partial charge in [0.15, 0.2) is 11.5 Å². The molecule has 0 saturated heterocycles. The second-order valence-electron chi connectivity index (χ2n) is 6.14. The minimum atomic E-state index is -0.533. The highest BCUT2D eigenvalue weighted by atomic mass is 35.5. The lowest BCUT2D eigenvalue weighted by Gasteiger charge is -2.18. The van der Waals surface area contributed by atoms with E-state index < -0.39 is 11.8 Å². The van der Waals surface area contributed by atoms with Gasteiger partial charge in [0.05, 0.1) is 0 Å². The summed E-state index contributed by atoms with van der Waals surface area (Å²) in [6.07, 6.45) is 0. The summed E-state index contributed by atoms with van der Waals surface area (Å²) in [6.45, 7) is 1.10. The van der Waals surface area contributed by atoms with Crippen LogP contribution in [0.2, 0.25) is 5.02 Å². The maximum absolute atomic E-state index is 12.3. The van der Waals surface area contributed by atoms with Gasteiger partial charge in [0.2, 0.25) is 0 Å². The van der Waals surface area contributed by atoms with Crippen molar-refractivity contribution in [2.45, 2.75) is 6.61 Å². The topological polar surface area (TPSA) is 98.8 Å². The lowest BCUT2D eigenvalue weighted by atomic mass is 10.2. The van der Waals surface area contributed by atoms with Crippen molar-refractivity contribution < 1.29 is 23.8 Å². The van der Waals surface area contributed by atoms with Gasteiger partial charge in [-0.1, -0.05) is 11.6 Å². The quantitative estimate of drug-likeness (QED) is 0.585. The number of hydrogen-bond donors (Lipinski definition) is 2. The molecule has 2 amide bonds. The summed E-state index contributed by atoms with van der Waals surface area (Å²) in [5, 5.41) is 2.83. The lowest BCUT2D eigenvalue weighted by molar-refractivity contribution is 0.0843. The van der Waals surface area contributed by atoms with Crippen molar-refractivity contribution in [1.29, 1.82) is 0 Å². The highest BCUT2D eigenvalue weighted by Gasteiger charge is 2.16. The van der Waals surface area contributed by atoms with E-state index in [1.807, 2.05) is 0 Å². The van der Waals surface area contributed by atoms with Gasteiger partial charge in [-0.25, -0.2) is 4.98 Å². The molecule has 0 saturated carbocycles. The van der Waals surface area contributed by atoms with Crippen LogP contribution in [-0.2, 0) is 6.61 Å². The summed E-state index contributed by atoms with van der Waals surface area (Å²) in [6, 6.07) is 11.7. The van der Waals surface area contributed by atoms with E-state index in [4.69, 9.17) is 25.8 Å². The maximum atomic E-state index is 12.3. The fourth-order valence-electron chi connectivity index (χ4n) is 2.59. The molecule has 0 spiro atoms. The maximum Gasteiger partial charge on any atom is 0.289 e. The van der Waals surface area contributed by atoms with Crippen LogP contribution in [0.4, 0.5) is 0 Å². The normalized spacial score (nSPS) is 12.2. The van der Waals surface area contributed by atoms with Crippen molar-refractivity contribution in [3.8, 4) is 17.2 Å². The number of carbonyl (C=O) groups excluding carboxylic acids is 2. The van der Waals surface area contributed by atoms with E-state index >= 15 is 0 Å². The van der Waals surface area contributed by atoms with Gasteiger partial charge in [0, 0.05) is 16.0 Å². The van der Waals surface area contributed by atoms with Crippen molar-refractivity contribution in [3.63, 3.8) is 0 Å². The summed E-state index contributed by atoms with van der Waals surface area (Å²) in [5.74, 6) is 0.701. The van der Waals surface area contributed by atoms with Gasteiger partial charge in [-0.15, -0.1) is 11.3 Å². The number of nitrogens with one attached hydrogen (secondary N) is 2. The number of aromatic nitrogens is 1. The third-order valence-electron chi connectivity index (χ3n) is 4.05. The summed E-state index contributed by atoms with van der Waals surface area (Å²) in [4.78, 5) is 28.8. The molecule has 1 aliphatic heterocycles. The third kappa shape index (κ3) is 4.81. The smallest absolute Gasteiger partial charge is 0.289 e. The number of nitrogens with zero attached hydrogens (tertiary/aromatic N) is 1. The molecule has 10 heteroatoms. The first-order chi connectivity index (χ1) is 14.6.